The molecule has 0 saturated carbocycles. The van der Waals surface area contributed by atoms with Crippen LogP contribution in [0.3, 0.4) is 0 Å². The highest BCUT2D eigenvalue weighted by Crippen LogP contribution is 2.32. The number of carbonyl (C=O) groups excluding carboxylic acids is 1. The van der Waals surface area contributed by atoms with Crippen molar-refractivity contribution in [3.05, 3.63) is 40.4 Å². The van der Waals surface area contributed by atoms with Crippen LogP contribution in [0.5, 0.6) is 0 Å². The van der Waals surface area contributed by atoms with Gasteiger partial charge in [-0.25, -0.2) is 4.98 Å². The molecule has 0 saturated heterocycles. The molecule has 1 aromatic carbocycles. The zero-order chi connectivity index (χ0) is 17.2. The molecule has 0 aliphatic carbocycles. The number of nitrogens with zero attached hydrogens (tertiary/aromatic N) is 1. The molecule has 2 aromatic rings. The minimum atomic E-state index is -4.39. The van der Waals surface area contributed by atoms with Crippen LogP contribution in [-0.2, 0) is 6.18 Å². The Morgan fingerprint density at radius 2 is 1.96 bits per heavy atom. The van der Waals surface area contributed by atoms with Crippen molar-refractivity contribution in [2.24, 2.45) is 0 Å². The van der Waals surface area contributed by atoms with E-state index in [1.54, 1.807) is 13.8 Å². The number of hydrogen-bond donors (Lipinski definition) is 2. The van der Waals surface area contributed by atoms with E-state index in [-0.39, 0.29) is 12.5 Å². The van der Waals surface area contributed by atoms with Crippen molar-refractivity contribution >= 4 is 17.2 Å². The van der Waals surface area contributed by atoms with Gasteiger partial charge in [-0.05, 0) is 26.0 Å². The molecule has 1 atom stereocenters. The Hall–Kier alpha value is -1.93. The van der Waals surface area contributed by atoms with Gasteiger partial charge in [0.25, 0.3) is 5.91 Å². The molecular weight excluding hydrogens is 329 g/mol. The van der Waals surface area contributed by atoms with Crippen molar-refractivity contribution in [3.63, 3.8) is 0 Å². The summed E-state index contributed by atoms with van der Waals surface area (Å²) < 4.78 is 37.7. The maximum Gasteiger partial charge on any atom is 0.416 e. The number of rotatable bonds is 4. The first-order valence-corrected chi connectivity index (χ1v) is 7.61. The molecule has 0 radical (unpaired) electrons. The highest BCUT2D eigenvalue weighted by atomic mass is 32.1. The monoisotopic (exact) mass is 344 g/mol. The van der Waals surface area contributed by atoms with Crippen molar-refractivity contribution < 1.29 is 23.1 Å². The molecule has 1 amide bonds. The number of aliphatic hydroxyl groups excluding tert-OH is 1. The standard InChI is InChI=1S/C15H15F3N2O2S/c1-8(21)7-19-13(22)12-9(2)20-14(23-12)10-3-5-11(6-4-10)15(16,17)18/h3-6,8,21H,7H2,1-2H3,(H,19,22)/t8-/m1/s1. The minimum absolute atomic E-state index is 0.117. The fraction of sp³-hybridized carbons (Fsp3) is 0.333. The Morgan fingerprint density at radius 3 is 2.48 bits per heavy atom. The van der Waals surface area contributed by atoms with Crippen molar-refractivity contribution in [1.29, 1.82) is 0 Å². The van der Waals surface area contributed by atoms with Crippen molar-refractivity contribution in [2.45, 2.75) is 26.1 Å². The lowest BCUT2D eigenvalue weighted by atomic mass is 10.1. The zero-order valence-electron chi connectivity index (χ0n) is 12.4. The van der Waals surface area contributed by atoms with E-state index in [0.717, 1.165) is 23.5 Å². The number of carbonyl (C=O) groups is 1. The molecule has 1 aromatic heterocycles. The van der Waals surface area contributed by atoms with Gasteiger partial charge in [-0.2, -0.15) is 13.2 Å². The quantitative estimate of drug-likeness (QED) is 0.895. The van der Waals surface area contributed by atoms with E-state index >= 15 is 0 Å². The first-order chi connectivity index (χ1) is 10.7. The first-order valence-electron chi connectivity index (χ1n) is 6.80. The van der Waals surface area contributed by atoms with E-state index in [2.05, 4.69) is 10.3 Å². The van der Waals surface area contributed by atoms with Gasteiger partial charge in [0, 0.05) is 12.1 Å². The maximum atomic E-state index is 12.6. The number of benzene rings is 1. The van der Waals surface area contributed by atoms with E-state index < -0.39 is 17.8 Å². The summed E-state index contributed by atoms with van der Waals surface area (Å²) in [7, 11) is 0. The van der Waals surface area contributed by atoms with Gasteiger partial charge in [-0.3, -0.25) is 4.79 Å². The molecule has 1 heterocycles. The predicted octanol–water partition coefficient (Wildman–Crippen LogP) is 3.25. The molecule has 0 spiro atoms. The smallest absolute Gasteiger partial charge is 0.392 e. The summed E-state index contributed by atoms with van der Waals surface area (Å²) in [4.78, 5) is 16.6. The Bertz CT molecular complexity index is 694. The van der Waals surface area contributed by atoms with Crippen LogP contribution in [-0.4, -0.2) is 28.6 Å². The molecule has 2 N–H and O–H groups in total. The second kappa shape index (κ2) is 6.67. The molecular formula is C15H15F3N2O2S. The van der Waals surface area contributed by atoms with Crippen LogP contribution in [0.15, 0.2) is 24.3 Å². The SMILES string of the molecule is Cc1nc(-c2ccc(C(F)(F)F)cc2)sc1C(=O)NC[C@@H](C)O. The minimum Gasteiger partial charge on any atom is -0.392 e. The second-order valence-electron chi connectivity index (χ2n) is 5.07. The molecule has 4 nitrogen and oxygen atoms in total. The van der Waals surface area contributed by atoms with Crippen LogP contribution in [0.25, 0.3) is 10.6 Å². The number of aliphatic hydroxyl groups is 1. The molecule has 0 fully saturated rings. The molecule has 124 valence electrons. The van der Waals surface area contributed by atoms with Crippen LogP contribution >= 0.6 is 11.3 Å². The second-order valence-corrected chi connectivity index (χ2v) is 6.07. The van der Waals surface area contributed by atoms with Crippen molar-refractivity contribution in [3.8, 4) is 10.6 Å². The number of alkyl halides is 3. The van der Waals surface area contributed by atoms with Gasteiger partial charge in [-0.15, -0.1) is 11.3 Å². The molecule has 23 heavy (non-hydrogen) atoms. The summed E-state index contributed by atoms with van der Waals surface area (Å²) in [6.45, 7) is 3.32. The molecule has 8 heteroatoms. The number of aromatic nitrogens is 1. The van der Waals surface area contributed by atoms with Crippen molar-refractivity contribution in [1.82, 2.24) is 10.3 Å². The van der Waals surface area contributed by atoms with E-state index in [1.165, 1.54) is 12.1 Å². The molecule has 0 aliphatic heterocycles. The van der Waals surface area contributed by atoms with Gasteiger partial charge in [0.1, 0.15) is 9.88 Å². The third-order valence-corrected chi connectivity index (χ3v) is 4.23. The third-order valence-electron chi connectivity index (χ3n) is 3.02. The van der Waals surface area contributed by atoms with Gasteiger partial charge >= 0.3 is 6.18 Å². The lowest BCUT2D eigenvalue weighted by molar-refractivity contribution is -0.137. The normalized spacial score (nSPS) is 13.0. The Morgan fingerprint density at radius 1 is 1.35 bits per heavy atom. The summed E-state index contributed by atoms with van der Waals surface area (Å²) in [5, 5.41) is 12.2. The van der Waals surface area contributed by atoms with Gasteiger partial charge < -0.3 is 10.4 Å². The summed E-state index contributed by atoms with van der Waals surface area (Å²) in [5.74, 6) is -0.362. The summed E-state index contributed by atoms with van der Waals surface area (Å²) in [5.41, 5.74) is 0.276. The van der Waals surface area contributed by atoms with Crippen LogP contribution in [0.1, 0.15) is 27.9 Å². The van der Waals surface area contributed by atoms with Crippen LogP contribution in [0.4, 0.5) is 13.2 Å². The topological polar surface area (TPSA) is 62.2 Å². The maximum absolute atomic E-state index is 12.6. The first kappa shape index (κ1) is 17.4. The highest BCUT2D eigenvalue weighted by molar-refractivity contribution is 7.17. The average Bonchev–Trinajstić information content (AvgIpc) is 2.86. The lowest BCUT2D eigenvalue weighted by Crippen LogP contribution is -2.30. The summed E-state index contributed by atoms with van der Waals surface area (Å²) >= 11 is 1.10. The number of hydrogen-bond acceptors (Lipinski definition) is 4. The molecule has 2 rings (SSSR count). The number of nitrogens with one attached hydrogen (secondary N) is 1. The van der Waals surface area contributed by atoms with Crippen molar-refractivity contribution in [2.75, 3.05) is 6.54 Å². The Balaban J connectivity index is 2.22. The Labute approximate surface area is 135 Å². The van der Waals surface area contributed by atoms with E-state index in [4.69, 9.17) is 0 Å². The van der Waals surface area contributed by atoms with E-state index in [9.17, 15) is 23.1 Å². The average molecular weight is 344 g/mol. The number of thiazole rings is 1. The van der Waals surface area contributed by atoms with Gasteiger partial charge in [0.05, 0.1) is 17.4 Å². The van der Waals surface area contributed by atoms with Gasteiger partial charge in [-0.1, -0.05) is 12.1 Å². The number of halogens is 3. The lowest BCUT2D eigenvalue weighted by Gasteiger charge is -2.06. The highest BCUT2D eigenvalue weighted by Gasteiger charge is 2.30. The molecule has 0 bridgehead atoms. The fourth-order valence-electron chi connectivity index (χ4n) is 1.85. The van der Waals surface area contributed by atoms with Crippen LogP contribution < -0.4 is 5.32 Å². The number of aryl methyl sites for hydroxylation is 1. The van der Waals surface area contributed by atoms with Crippen LogP contribution in [0.2, 0.25) is 0 Å². The fourth-order valence-corrected chi connectivity index (χ4v) is 2.84. The summed E-state index contributed by atoms with van der Waals surface area (Å²) in [6, 6.07) is 4.63. The number of amides is 1. The van der Waals surface area contributed by atoms with E-state index in [1.807, 2.05) is 0 Å². The van der Waals surface area contributed by atoms with Crippen LogP contribution in [0, 0.1) is 6.92 Å². The largest absolute Gasteiger partial charge is 0.416 e. The molecule has 0 aliphatic rings. The van der Waals surface area contributed by atoms with Gasteiger partial charge in [0.2, 0.25) is 0 Å². The zero-order valence-corrected chi connectivity index (χ0v) is 13.3. The predicted molar refractivity (Wildman–Crippen MR) is 81.3 cm³/mol. The Kier molecular flexibility index (Phi) is 5.06. The van der Waals surface area contributed by atoms with E-state index in [0.29, 0.717) is 21.1 Å². The summed E-state index contributed by atoms with van der Waals surface area (Å²) in [6.07, 6.45) is -5.05. The third kappa shape index (κ3) is 4.29. The molecule has 0 unspecified atom stereocenters. The van der Waals surface area contributed by atoms with Gasteiger partial charge in [0.15, 0.2) is 0 Å².